The van der Waals surface area contributed by atoms with Gasteiger partial charge >= 0.3 is 0 Å². The van der Waals surface area contributed by atoms with Gasteiger partial charge in [0.1, 0.15) is 0 Å². The number of H-pyrrole nitrogens is 1. The maximum Gasteiger partial charge on any atom is 0.251 e. The van der Waals surface area contributed by atoms with Gasteiger partial charge in [-0.15, -0.1) is 0 Å². The summed E-state index contributed by atoms with van der Waals surface area (Å²) in [6, 6.07) is 1.63. The first-order valence-electron chi connectivity index (χ1n) is 5.02. The Hall–Kier alpha value is -0.640. The van der Waals surface area contributed by atoms with E-state index in [4.69, 9.17) is 0 Å². The van der Waals surface area contributed by atoms with Gasteiger partial charge in [0.25, 0.3) is 5.56 Å². The minimum Gasteiger partial charge on any atom is -0.301 e. The number of aromatic nitrogens is 2. The second-order valence-corrected chi connectivity index (χ2v) is 4.55. The van der Waals surface area contributed by atoms with Crippen molar-refractivity contribution in [1.29, 1.82) is 0 Å². The van der Waals surface area contributed by atoms with Crippen molar-refractivity contribution in [2.24, 2.45) is 0 Å². The molecule has 4 heteroatoms. The first-order chi connectivity index (χ1) is 6.75. The van der Waals surface area contributed by atoms with Crippen LogP contribution < -0.4 is 5.56 Å². The van der Waals surface area contributed by atoms with Crippen LogP contribution in [0.4, 0.5) is 0 Å². The molecule has 1 heterocycles. The van der Waals surface area contributed by atoms with E-state index in [1.165, 1.54) is 32.1 Å². The highest BCUT2D eigenvalue weighted by molar-refractivity contribution is 9.10. The van der Waals surface area contributed by atoms with Crippen molar-refractivity contribution < 1.29 is 0 Å². The van der Waals surface area contributed by atoms with Crippen molar-refractivity contribution in [3.63, 3.8) is 0 Å². The van der Waals surface area contributed by atoms with Crippen molar-refractivity contribution in [3.8, 4) is 0 Å². The van der Waals surface area contributed by atoms with Gasteiger partial charge in [0.2, 0.25) is 0 Å². The molecule has 1 aromatic heterocycles. The summed E-state index contributed by atoms with van der Waals surface area (Å²) in [6.45, 7) is 0. The van der Waals surface area contributed by atoms with Crippen LogP contribution in [0.25, 0.3) is 0 Å². The molecule has 1 fully saturated rings. The second kappa shape index (κ2) is 4.26. The predicted octanol–water partition coefficient (Wildman–Crippen LogP) is 2.58. The fourth-order valence-electron chi connectivity index (χ4n) is 2.05. The Bertz CT molecular complexity index is 369. The average Bonchev–Trinajstić information content (AvgIpc) is 2.18. The van der Waals surface area contributed by atoms with Crippen LogP contribution in [0.3, 0.4) is 0 Å². The minimum absolute atomic E-state index is 0.0625. The fourth-order valence-corrected chi connectivity index (χ4v) is 2.45. The smallest absolute Gasteiger partial charge is 0.251 e. The first kappa shape index (κ1) is 9.90. The molecule has 1 aliphatic carbocycles. The SMILES string of the molecule is O=c1cc(C2CCCCC2)nc(Br)[nH]1. The maximum atomic E-state index is 11.2. The summed E-state index contributed by atoms with van der Waals surface area (Å²) in [7, 11) is 0. The Kier molecular flexibility index (Phi) is 3.01. The van der Waals surface area contributed by atoms with Gasteiger partial charge in [-0.2, -0.15) is 0 Å². The number of aromatic amines is 1. The number of halogens is 1. The first-order valence-corrected chi connectivity index (χ1v) is 5.82. The van der Waals surface area contributed by atoms with E-state index in [-0.39, 0.29) is 5.56 Å². The van der Waals surface area contributed by atoms with Gasteiger partial charge in [0.05, 0.1) is 5.69 Å². The highest BCUT2D eigenvalue weighted by atomic mass is 79.9. The molecule has 0 aromatic carbocycles. The lowest BCUT2D eigenvalue weighted by Crippen LogP contribution is -2.13. The summed E-state index contributed by atoms with van der Waals surface area (Å²) < 4.78 is 0.547. The molecule has 14 heavy (non-hydrogen) atoms. The molecule has 0 unspecified atom stereocenters. The van der Waals surface area contributed by atoms with E-state index < -0.39 is 0 Å². The van der Waals surface area contributed by atoms with Crippen molar-refractivity contribution in [2.45, 2.75) is 38.0 Å². The zero-order chi connectivity index (χ0) is 9.97. The van der Waals surface area contributed by atoms with E-state index in [9.17, 15) is 4.79 Å². The number of hydrogen-bond donors (Lipinski definition) is 1. The Morgan fingerprint density at radius 3 is 2.71 bits per heavy atom. The molecular formula is C10H13BrN2O. The molecule has 0 radical (unpaired) electrons. The summed E-state index contributed by atoms with van der Waals surface area (Å²) in [6.07, 6.45) is 6.18. The Labute approximate surface area is 91.1 Å². The summed E-state index contributed by atoms with van der Waals surface area (Å²) in [5.74, 6) is 0.488. The third-order valence-corrected chi connectivity index (χ3v) is 3.13. The van der Waals surface area contributed by atoms with E-state index in [0.717, 1.165) is 5.69 Å². The molecule has 1 aromatic rings. The highest BCUT2D eigenvalue weighted by Gasteiger charge is 2.17. The van der Waals surface area contributed by atoms with Gasteiger partial charge in [0.15, 0.2) is 4.73 Å². The monoisotopic (exact) mass is 256 g/mol. The zero-order valence-corrected chi connectivity index (χ0v) is 9.51. The molecule has 1 saturated carbocycles. The van der Waals surface area contributed by atoms with E-state index in [1.54, 1.807) is 6.07 Å². The van der Waals surface area contributed by atoms with Gasteiger partial charge in [-0.3, -0.25) is 4.79 Å². The Morgan fingerprint density at radius 1 is 1.36 bits per heavy atom. The predicted molar refractivity (Wildman–Crippen MR) is 58.4 cm³/mol. The largest absolute Gasteiger partial charge is 0.301 e. The molecule has 0 atom stereocenters. The molecule has 3 nitrogen and oxygen atoms in total. The lowest BCUT2D eigenvalue weighted by atomic mass is 9.87. The van der Waals surface area contributed by atoms with Crippen LogP contribution in [0.15, 0.2) is 15.6 Å². The molecule has 1 N–H and O–H groups in total. The molecular weight excluding hydrogens is 244 g/mol. The number of nitrogens with zero attached hydrogens (tertiary/aromatic N) is 1. The van der Waals surface area contributed by atoms with Crippen molar-refractivity contribution in [2.75, 3.05) is 0 Å². The van der Waals surface area contributed by atoms with Crippen LogP contribution in [-0.4, -0.2) is 9.97 Å². The molecule has 0 bridgehead atoms. The van der Waals surface area contributed by atoms with Crippen LogP contribution in [-0.2, 0) is 0 Å². The number of rotatable bonds is 1. The summed E-state index contributed by atoms with van der Waals surface area (Å²) in [4.78, 5) is 18.1. The molecule has 0 spiro atoms. The Balaban J connectivity index is 2.26. The number of hydrogen-bond acceptors (Lipinski definition) is 2. The van der Waals surface area contributed by atoms with Gasteiger partial charge in [0, 0.05) is 12.0 Å². The lowest BCUT2D eigenvalue weighted by Gasteiger charge is -2.20. The van der Waals surface area contributed by atoms with Crippen LogP contribution >= 0.6 is 15.9 Å². The van der Waals surface area contributed by atoms with E-state index in [1.807, 2.05) is 0 Å². The summed E-state index contributed by atoms with van der Waals surface area (Å²) in [5.41, 5.74) is 0.882. The lowest BCUT2D eigenvalue weighted by molar-refractivity contribution is 0.435. The van der Waals surface area contributed by atoms with E-state index in [0.29, 0.717) is 10.7 Å². The topological polar surface area (TPSA) is 45.8 Å². The molecule has 0 amide bonds. The van der Waals surface area contributed by atoms with Crippen LogP contribution in [0.5, 0.6) is 0 Å². The third-order valence-electron chi connectivity index (χ3n) is 2.76. The normalized spacial score (nSPS) is 18.4. The van der Waals surface area contributed by atoms with E-state index in [2.05, 4.69) is 25.9 Å². The van der Waals surface area contributed by atoms with Crippen molar-refractivity contribution in [1.82, 2.24) is 9.97 Å². The quantitative estimate of drug-likeness (QED) is 0.786. The second-order valence-electron chi connectivity index (χ2n) is 3.80. The Morgan fingerprint density at radius 2 is 2.07 bits per heavy atom. The average molecular weight is 257 g/mol. The summed E-state index contributed by atoms with van der Waals surface area (Å²) in [5, 5.41) is 0. The molecule has 1 aliphatic rings. The van der Waals surface area contributed by atoms with Crippen LogP contribution in [0.1, 0.15) is 43.7 Å². The molecule has 0 saturated heterocycles. The maximum absolute atomic E-state index is 11.2. The number of nitrogens with one attached hydrogen (secondary N) is 1. The minimum atomic E-state index is -0.0625. The highest BCUT2D eigenvalue weighted by Crippen LogP contribution is 2.31. The molecule has 2 rings (SSSR count). The van der Waals surface area contributed by atoms with Crippen molar-refractivity contribution >= 4 is 15.9 Å². The molecule has 76 valence electrons. The molecule has 0 aliphatic heterocycles. The van der Waals surface area contributed by atoms with Gasteiger partial charge in [-0.25, -0.2) is 4.98 Å². The van der Waals surface area contributed by atoms with E-state index >= 15 is 0 Å². The van der Waals surface area contributed by atoms with Gasteiger partial charge in [-0.05, 0) is 28.8 Å². The zero-order valence-electron chi connectivity index (χ0n) is 7.92. The third kappa shape index (κ3) is 2.23. The van der Waals surface area contributed by atoms with Crippen molar-refractivity contribution in [3.05, 3.63) is 26.8 Å². The standard InChI is InChI=1S/C10H13BrN2O/c11-10-12-8(6-9(14)13-10)7-4-2-1-3-5-7/h6-7H,1-5H2,(H,12,13,14). The summed E-state index contributed by atoms with van der Waals surface area (Å²) >= 11 is 3.21. The van der Waals surface area contributed by atoms with Crippen LogP contribution in [0, 0.1) is 0 Å². The fraction of sp³-hybridized carbons (Fsp3) is 0.600. The van der Waals surface area contributed by atoms with Gasteiger partial charge < -0.3 is 4.98 Å². The van der Waals surface area contributed by atoms with Gasteiger partial charge in [-0.1, -0.05) is 19.3 Å². The van der Waals surface area contributed by atoms with Crippen LogP contribution in [0.2, 0.25) is 0 Å².